The van der Waals surface area contributed by atoms with E-state index in [0.29, 0.717) is 6.04 Å². The van der Waals surface area contributed by atoms with Crippen LogP contribution < -0.4 is 10.2 Å². The topological polar surface area (TPSA) is 28.2 Å². The standard InChI is InChI=1S/C17H25N3S/c1-4-10-18-16(5-2)15-8-6-7-9-17(15)20(3)11-14-12-21-13-19-14/h6-9,12-13,16,18H,4-5,10-11H2,1-3H3. The summed E-state index contributed by atoms with van der Waals surface area (Å²) < 4.78 is 0. The zero-order chi connectivity index (χ0) is 15.1. The van der Waals surface area contributed by atoms with Crippen molar-refractivity contribution in [3.8, 4) is 0 Å². The van der Waals surface area contributed by atoms with E-state index in [4.69, 9.17) is 0 Å². The minimum Gasteiger partial charge on any atom is -0.368 e. The summed E-state index contributed by atoms with van der Waals surface area (Å²) in [5, 5.41) is 5.77. The highest BCUT2D eigenvalue weighted by molar-refractivity contribution is 7.07. The van der Waals surface area contributed by atoms with Crippen LogP contribution in [0.25, 0.3) is 0 Å². The van der Waals surface area contributed by atoms with Crippen molar-refractivity contribution >= 4 is 17.0 Å². The molecule has 1 atom stereocenters. The van der Waals surface area contributed by atoms with E-state index in [2.05, 4.69) is 65.7 Å². The van der Waals surface area contributed by atoms with Gasteiger partial charge in [-0.1, -0.05) is 32.0 Å². The van der Waals surface area contributed by atoms with Gasteiger partial charge in [-0.3, -0.25) is 0 Å². The molecule has 0 bridgehead atoms. The lowest BCUT2D eigenvalue weighted by Crippen LogP contribution is -2.25. The van der Waals surface area contributed by atoms with Crippen molar-refractivity contribution in [3.63, 3.8) is 0 Å². The number of hydrogen-bond donors (Lipinski definition) is 1. The molecule has 3 nitrogen and oxygen atoms in total. The Labute approximate surface area is 132 Å². The molecule has 0 fully saturated rings. The molecule has 0 amide bonds. The fraction of sp³-hybridized carbons (Fsp3) is 0.471. The van der Waals surface area contributed by atoms with Crippen LogP contribution >= 0.6 is 11.3 Å². The molecule has 0 saturated heterocycles. The molecule has 1 aromatic heterocycles. The van der Waals surface area contributed by atoms with Crippen molar-refractivity contribution in [2.45, 2.75) is 39.3 Å². The second-order valence-electron chi connectivity index (χ2n) is 5.31. The minimum absolute atomic E-state index is 0.416. The zero-order valence-electron chi connectivity index (χ0n) is 13.2. The molecule has 0 aliphatic carbocycles. The Hall–Kier alpha value is -1.39. The first kappa shape index (κ1) is 16.0. The second-order valence-corrected chi connectivity index (χ2v) is 6.03. The summed E-state index contributed by atoms with van der Waals surface area (Å²) in [5.41, 5.74) is 5.70. The van der Waals surface area contributed by atoms with E-state index < -0.39 is 0 Å². The van der Waals surface area contributed by atoms with Crippen LogP contribution in [0.15, 0.2) is 35.2 Å². The third-order valence-corrected chi connectivity index (χ3v) is 4.29. The lowest BCUT2D eigenvalue weighted by molar-refractivity contribution is 0.518. The summed E-state index contributed by atoms with van der Waals surface area (Å²) in [6.45, 7) is 6.36. The van der Waals surface area contributed by atoms with Gasteiger partial charge in [-0.15, -0.1) is 11.3 Å². The molecule has 2 rings (SSSR count). The van der Waals surface area contributed by atoms with Crippen molar-refractivity contribution in [1.29, 1.82) is 0 Å². The van der Waals surface area contributed by atoms with E-state index in [1.165, 1.54) is 11.3 Å². The largest absolute Gasteiger partial charge is 0.368 e. The van der Waals surface area contributed by atoms with Crippen LogP contribution in [0.3, 0.4) is 0 Å². The van der Waals surface area contributed by atoms with E-state index >= 15 is 0 Å². The molecule has 1 aromatic carbocycles. The first-order chi connectivity index (χ1) is 10.3. The van der Waals surface area contributed by atoms with Crippen molar-refractivity contribution in [2.24, 2.45) is 0 Å². The maximum atomic E-state index is 4.39. The molecule has 0 aliphatic rings. The number of benzene rings is 1. The van der Waals surface area contributed by atoms with Gasteiger partial charge in [0.2, 0.25) is 0 Å². The SMILES string of the molecule is CCCNC(CC)c1ccccc1N(C)Cc1cscn1. The fourth-order valence-corrected chi connectivity index (χ4v) is 3.12. The van der Waals surface area contributed by atoms with Crippen LogP contribution in [0.2, 0.25) is 0 Å². The van der Waals surface area contributed by atoms with Gasteiger partial charge < -0.3 is 10.2 Å². The van der Waals surface area contributed by atoms with Gasteiger partial charge in [-0.05, 0) is 31.0 Å². The molecule has 0 aliphatic heterocycles. The predicted octanol–water partition coefficient (Wildman–Crippen LogP) is 4.23. The highest BCUT2D eigenvalue weighted by atomic mass is 32.1. The number of thiazole rings is 1. The maximum absolute atomic E-state index is 4.39. The highest BCUT2D eigenvalue weighted by Gasteiger charge is 2.15. The lowest BCUT2D eigenvalue weighted by atomic mass is 10.0. The molecule has 0 radical (unpaired) electrons. The molecular formula is C17H25N3S. The summed E-state index contributed by atoms with van der Waals surface area (Å²) in [5.74, 6) is 0. The Bertz CT molecular complexity index is 525. The van der Waals surface area contributed by atoms with Gasteiger partial charge in [-0.2, -0.15) is 0 Å². The third-order valence-electron chi connectivity index (χ3n) is 3.66. The number of anilines is 1. The molecule has 114 valence electrons. The Morgan fingerprint density at radius 3 is 2.76 bits per heavy atom. The first-order valence-electron chi connectivity index (χ1n) is 7.66. The van der Waals surface area contributed by atoms with Crippen molar-refractivity contribution in [3.05, 3.63) is 46.4 Å². The Morgan fingerprint density at radius 1 is 1.29 bits per heavy atom. The number of nitrogens with zero attached hydrogens (tertiary/aromatic N) is 2. The normalized spacial score (nSPS) is 12.3. The molecule has 2 aromatic rings. The van der Waals surface area contributed by atoms with E-state index in [1.807, 2.05) is 5.51 Å². The average molecular weight is 303 g/mol. The summed E-state index contributed by atoms with van der Waals surface area (Å²) >= 11 is 1.65. The molecule has 1 unspecified atom stereocenters. The third kappa shape index (κ3) is 4.29. The zero-order valence-corrected chi connectivity index (χ0v) is 14.0. The van der Waals surface area contributed by atoms with Gasteiger partial charge >= 0.3 is 0 Å². The Balaban J connectivity index is 2.18. The molecule has 1 N–H and O–H groups in total. The van der Waals surface area contributed by atoms with Gasteiger partial charge in [0.05, 0.1) is 17.7 Å². The van der Waals surface area contributed by atoms with Crippen LogP contribution in [0, 0.1) is 0 Å². The van der Waals surface area contributed by atoms with Gasteiger partial charge in [0.25, 0.3) is 0 Å². The van der Waals surface area contributed by atoms with Gasteiger partial charge in [0, 0.05) is 24.2 Å². The molecule has 1 heterocycles. The second kappa shape index (κ2) is 8.15. The molecular weight excluding hydrogens is 278 g/mol. The van der Waals surface area contributed by atoms with Gasteiger partial charge in [0.1, 0.15) is 0 Å². The summed E-state index contributed by atoms with van der Waals surface area (Å²) in [6.07, 6.45) is 2.26. The van der Waals surface area contributed by atoms with Crippen LogP contribution in [0.5, 0.6) is 0 Å². The van der Waals surface area contributed by atoms with Crippen LogP contribution in [-0.4, -0.2) is 18.6 Å². The highest BCUT2D eigenvalue weighted by Crippen LogP contribution is 2.28. The van der Waals surface area contributed by atoms with Crippen molar-refractivity contribution < 1.29 is 0 Å². The smallest absolute Gasteiger partial charge is 0.0795 e. The van der Waals surface area contributed by atoms with Crippen molar-refractivity contribution in [2.75, 3.05) is 18.5 Å². The van der Waals surface area contributed by atoms with E-state index in [1.54, 1.807) is 11.3 Å². The number of rotatable bonds is 8. The molecule has 4 heteroatoms. The monoisotopic (exact) mass is 303 g/mol. The first-order valence-corrected chi connectivity index (χ1v) is 8.61. The summed E-state index contributed by atoms with van der Waals surface area (Å²) in [4.78, 5) is 6.68. The minimum atomic E-state index is 0.416. The summed E-state index contributed by atoms with van der Waals surface area (Å²) in [7, 11) is 2.14. The van der Waals surface area contributed by atoms with Crippen LogP contribution in [-0.2, 0) is 6.54 Å². The van der Waals surface area contributed by atoms with E-state index in [-0.39, 0.29) is 0 Å². The molecule has 21 heavy (non-hydrogen) atoms. The van der Waals surface area contributed by atoms with E-state index in [0.717, 1.165) is 31.6 Å². The Kier molecular flexibility index (Phi) is 6.21. The van der Waals surface area contributed by atoms with Gasteiger partial charge in [-0.25, -0.2) is 4.98 Å². The number of para-hydroxylation sites is 1. The number of hydrogen-bond acceptors (Lipinski definition) is 4. The number of aromatic nitrogens is 1. The van der Waals surface area contributed by atoms with Crippen LogP contribution in [0.4, 0.5) is 5.69 Å². The van der Waals surface area contributed by atoms with Crippen molar-refractivity contribution in [1.82, 2.24) is 10.3 Å². The fourth-order valence-electron chi connectivity index (χ4n) is 2.57. The lowest BCUT2D eigenvalue weighted by Gasteiger charge is -2.26. The molecule has 0 spiro atoms. The van der Waals surface area contributed by atoms with Crippen LogP contribution in [0.1, 0.15) is 44.0 Å². The quantitative estimate of drug-likeness (QED) is 0.791. The molecule has 0 saturated carbocycles. The number of nitrogens with one attached hydrogen (secondary N) is 1. The van der Waals surface area contributed by atoms with E-state index in [9.17, 15) is 0 Å². The average Bonchev–Trinajstić information content (AvgIpc) is 3.01. The maximum Gasteiger partial charge on any atom is 0.0795 e. The Morgan fingerprint density at radius 2 is 2.10 bits per heavy atom. The van der Waals surface area contributed by atoms with Gasteiger partial charge in [0.15, 0.2) is 0 Å². The predicted molar refractivity (Wildman–Crippen MR) is 92.0 cm³/mol. The summed E-state index contributed by atoms with van der Waals surface area (Å²) in [6, 6.07) is 9.11.